The predicted octanol–water partition coefficient (Wildman–Crippen LogP) is 6.81. The standard InChI is InChI=1S/C22H18F4/c1-11-5-17(23)22(18(24)6-11)16-9-19(25)21(20(26)10-16)15-7-12(2)14(4)13(3)8-15/h5-10H,1-4H3. The lowest BCUT2D eigenvalue weighted by atomic mass is 9.94. The summed E-state index contributed by atoms with van der Waals surface area (Å²) in [5, 5.41) is 0. The summed E-state index contributed by atoms with van der Waals surface area (Å²) < 4.78 is 57.7. The molecule has 3 rings (SSSR count). The van der Waals surface area contributed by atoms with Gasteiger partial charge in [0, 0.05) is 0 Å². The number of hydrogen-bond acceptors (Lipinski definition) is 0. The lowest BCUT2D eigenvalue weighted by Gasteiger charge is -2.13. The van der Waals surface area contributed by atoms with Crippen molar-refractivity contribution in [2.45, 2.75) is 27.7 Å². The number of rotatable bonds is 2. The van der Waals surface area contributed by atoms with Crippen LogP contribution < -0.4 is 0 Å². The van der Waals surface area contributed by atoms with E-state index in [1.54, 1.807) is 19.1 Å². The minimum absolute atomic E-state index is 0.167. The van der Waals surface area contributed by atoms with Crippen LogP contribution in [0.25, 0.3) is 22.3 Å². The number of hydrogen-bond donors (Lipinski definition) is 0. The van der Waals surface area contributed by atoms with Gasteiger partial charge in [0.05, 0.1) is 11.1 Å². The van der Waals surface area contributed by atoms with E-state index in [0.29, 0.717) is 11.1 Å². The van der Waals surface area contributed by atoms with Crippen LogP contribution in [0.4, 0.5) is 17.6 Å². The van der Waals surface area contributed by atoms with Crippen LogP contribution >= 0.6 is 0 Å². The molecule has 0 amide bonds. The molecule has 0 atom stereocenters. The third-order valence-corrected chi connectivity index (χ3v) is 4.73. The summed E-state index contributed by atoms with van der Waals surface area (Å²) in [6.45, 7) is 7.22. The minimum atomic E-state index is -0.859. The van der Waals surface area contributed by atoms with Crippen LogP contribution in [0, 0.1) is 51.0 Å². The van der Waals surface area contributed by atoms with E-state index in [1.165, 1.54) is 0 Å². The maximum atomic E-state index is 14.7. The second kappa shape index (κ2) is 6.60. The summed E-state index contributed by atoms with van der Waals surface area (Å²) in [5.74, 6) is -3.42. The number of benzene rings is 3. The molecule has 0 fully saturated rings. The Morgan fingerprint density at radius 1 is 0.500 bits per heavy atom. The SMILES string of the molecule is Cc1cc(F)c(-c2cc(F)c(-c3cc(C)c(C)c(C)c3)c(F)c2)c(F)c1. The van der Waals surface area contributed by atoms with Gasteiger partial charge in [0.1, 0.15) is 23.3 Å². The fourth-order valence-corrected chi connectivity index (χ4v) is 3.15. The van der Waals surface area contributed by atoms with Gasteiger partial charge in [0.25, 0.3) is 0 Å². The molecule has 0 aliphatic carbocycles. The highest BCUT2D eigenvalue weighted by molar-refractivity contribution is 5.73. The summed E-state index contributed by atoms with van der Waals surface area (Å²) in [6, 6.07) is 7.62. The Morgan fingerprint density at radius 2 is 0.846 bits per heavy atom. The van der Waals surface area contributed by atoms with Crippen molar-refractivity contribution < 1.29 is 17.6 Å². The van der Waals surface area contributed by atoms with E-state index in [0.717, 1.165) is 41.0 Å². The van der Waals surface area contributed by atoms with Crippen molar-refractivity contribution in [2.75, 3.05) is 0 Å². The first-order valence-electron chi connectivity index (χ1n) is 8.22. The highest BCUT2D eigenvalue weighted by Gasteiger charge is 2.19. The van der Waals surface area contributed by atoms with Gasteiger partial charge in [0.15, 0.2) is 0 Å². The Morgan fingerprint density at radius 3 is 1.27 bits per heavy atom. The van der Waals surface area contributed by atoms with Crippen molar-refractivity contribution in [2.24, 2.45) is 0 Å². The van der Waals surface area contributed by atoms with Gasteiger partial charge >= 0.3 is 0 Å². The topological polar surface area (TPSA) is 0 Å². The average Bonchev–Trinajstić information content (AvgIpc) is 2.50. The summed E-state index contributed by atoms with van der Waals surface area (Å²) in [4.78, 5) is 0. The van der Waals surface area contributed by atoms with Gasteiger partial charge < -0.3 is 0 Å². The third-order valence-electron chi connectivity index (χ3n) is 4.73. The lowest BCUT2D eigenvalue weighted by molar-refractivity contribution is 0.580. The fourth-order valence-electron chi connectivity index (χ4n) is 3.15. The number of aryl methyl sites for hydroxylation is 3. The quantitative estimate of drug-likeness (QED) is 0.441. The molecule has 0 aliphatic rings. The van der Waals surface area contributed by atoms with Crippen LogP contribution in [0.2, 0.25) is 0 Å². The molecule has 3 aromatic carbocycles. The summed E-state index contributed by atoms with van der Waals surface area (Å²) >= 11 is 0. The van der Waals surface area contributed by atoms with Gasteiger partial charge in [-0.1, -0.05) is 12.1 Å². The molecule has 0 heterocycles. The minimum Gasteiger partial charge on any atom is -0.206 e. The molecule has 134 valence electrons. The van der Waals surface area contributed by atoms with Gasteiger partial charge in [-0.3, -0.25) is 0 Å². The molecule has 0 nitrogen and oxygen atoms in total. The predicted molar refractivity (Wildman–Crippen MR) is 96.1 cm³/mol. The van der Waals surface area contributed by atoms with E-state index in [1.807, 2.05) is 20.8 Å². The van der Waals surface area contributed by atoms with Crippen LogP contribution in [0.3, 0.4) is 0 Å². The molecule has 0 bridgehead atoms. The molecule has 0 aliphatic heterocycles. The van der Waals surface area contributed by atoms with Crippen LogP contribution in [0.1, 0.15) is 22.3 Å². The third kappa shape index (κ3) is 3.12. The summed E-state index contributed by atoms with van der Waals surface area (Å²) in [6.07, 6.45) is 0. The molecule has 26 heavy (non-hydrogen) atoms. The Labute approximate surface area is 150 Å². The maximum Gasteiger partial charge on any atom is 0.134 e. The molecule has 3 aromatic rings. The Balaban J connectivity index is 2.20. The molecule has 0 saturated carbocycles. The molecule has 4 heteroatoms. The van der Waals surface area contributed by atoms with Crippen molar-refractivity contribution in [3.8, 4) is 22.3 Å². The molecule has 0 saturated heterocycles. The van der Waals surface area contributed by atoms with Gasteiger partial charge in [0.2, 0.25) is 0 Å². The van der Waals surface area contributed by atoms with E-state index in [2.05, 4.69) is 0 Å². The van der Waals surface area contributed by atoms with E-state index < -0.39 is 28.8 Å². The van der Waals surface area contributed by atoms with Crippen molar-refractivity contribution in [3.63, 3.8) is 0 Å². The Bertz CT molecular complexity index is 950. The zero-order chi connectivity index (χ0) is 19.2. The van der Waals surface area contributed by atoms with Crippen LogP contribution in [0.5, 0.6) is 0 Å². The highest BCUT2D eigenvalue weighted by atomic mass is 19.1. The van der Waals surface area contributed by atoms with E-state index in [9.17, 15) is 17.6 Å². The zero-order valence-corrected chi connectivity index (χ0v) is 15.0. The summed E-state index contributed by atoms with van der Waals surface area (Å²) in [5.41, 5.74) is 2.87. The largest absolute Gasteiger partial charge is 0.206 e. The van der Waals surface area contributed by atoms with Gasteiger partial charge in [-0.15, -0.1) is 0 Å². The zero-order valence-electron chi connectivity index (χ0n) is 15.0. The molecule has 0 unspecified atom stereocenters. The van der Waals surface area contributed by atoms with Crippen LogP contribution in [-0.4, -0.2) is 0 Å². The average molecular weight is 358 g/mol. The molecule has 0 N–H and O–H groups in total. The first-order valence-corrected chi connectivity index (χ1v) is 8.22. The van der Waals surface area contributed by atoms with Crippen molar-refractivity contribution >= 4 is 0 Å². The van der Waals surface area contributed by atoms with Crippen molar-refractivity contribution in [1.29, 1.82) is 0 Å². The second-order valence-corrected chi connectivity index (χ2v) is 6.65. The fraction of sp³-hybridized carbons (Fsp3) is 0.182. The normalized spacial score (nSPS) is 11.1. The number of halogens is 4. The highest BCUT2D eigenvalue weighted by Crippen LogP contribution is 2.35. The second-order valence-electron chi connectivity index (χ2n) is 6.65. The van der Waals surface area contributed by atoms with Crippen molar-refractivity contribution in [1.82, 2.24) is 0 Å². The molecular formula is C22H18F4. The maximum absolute atomic E-state index is 14.7. The van der Waals surface area contributed by atoms with E-state index >= 15 is 0 Å². The Hall–Kier alpha value is -2.62. The molecular weight excluding hydrogens is 340 g/mol. The molecule has 0 aromatic heterocycles. The lowest BCUT2D eigenvalue weighted by Crippen LogP contribution is -1.98. The first kappa shape index (κ1) is 18.2. The van der Waals surface area contributed by atoms with E-state index in [-0.39, 0.29) is 11.1 Å². The van der Waals surface area contributed by atoms with Crippen molar-refractivity contribution in [3.05, 3.63) is 81.9 Å². The van der Waals surface area contributed by atoms with Crippen LogP contribution in [-0.2, 0) is 0 Å². The van der Waals surface area contributed by atoms with Gasteiger partial charge in [-0.05, 0) is 85.3 Å². The summed E-state index contributed by atoms with van der Waals surface area (Å²) in [7, 11) is 0. The Kier molecular flexibility index (Phi) is 4.61. The van der Waals surface area contributed by atoms with E-state index in [4.69, 9.17) is 0 Å². The smallest absolute Gasteiger partial charge is 0.134 e. The first-order chi connectivity index (χ1) is 12.2. The molecule has 0 spiro atoms. The van der Waals surface area contributed by atoms with Crippen LogP contribution in [0.15, 0.2) is 36.4 Å². The van der Waals surface area contributed by atoms with Gasteiger partial charge in [-0.25, -0.2) is 17.6 Å². The monoisotopic (exact) mass is 358 g/mol. The molecule has 0 radical (unpaired) electrons. The van der Waals surface area contributed by atoms with Gasteiger partial charge in [-0.2, -0.15) is 0 Å².